The van der Waals surface area contributed by atoms with E-state index in [1.165, 1.54) is 65.1 Å². The number of fused-ring (bicyclic) bond motifs is 7. The predicted molar refractivity (Wildman–Crippen MR) is 151 cm³/mol. The van der Waals surface area contributed by atoms with Gasteiger partial charge in [-0.3, -0.25) is 0 Å². The summed E-state index contributed by atoms with van der Waals surface area (Å²) in [7, 11) is 0. The summed E-state index contributed by atoms with van der Waals surface area (Å²) in [5.74, 6) is 0. The molecule has 0 fully saturated rings. The zero-order valence-corrected chi connectivity index (χ0v) is 19.7. The lowest BCUT2D eigenvalue weighted by molar-refractivity contribution is 1.17. The van der Waals surface area contributed by atoms with Gasteiger partial charge in [-0.1, -0.05) is 54.6 Å². The molecule has 0 spiro atoms. The molecule has 0 saturated heterocycles. The molecule has 8 rings (SSSR count). The fourth-order valence-electron chi connectivity index (χ4n) is 5.66. The average Bonchev–Trinajstić information content (AvgIpc) is 3.59. The number of rotatable bonds is 2. The molecule has 0 saturated carbocycles. The van der Waals surface area contributed by atoms with Crippen molar-refractivity contribution in [3.63, 3.8) is 0 Å². The molecule has 5 aromatic carbocycles. The van der Waals surface area contributed by atoms with Gasteiger partial charge in [0.2, 0.25) is 0 Å². The van der Waals surface area contributed by atoms with Crippen LogP contribution < -0.4 is 0 Å². The van der Waals surface area contributed by atoms with E-state index in [-0.39, 0.29) is 0 Å². The predicted octanol–water partition coefficient (Wildman–Crippen LogP) is 9.10. The number of nitrogens with zero attached hydrogens (tertiary/aromatic N) is 2. The number of aromatic nitrogens is 2. The molecule has 0 aliphatic rings. The van der Waals surface area contributed by atoms with E-state index in [1.807, 2.05) is 11.3 Å². The minimum absolute atomic E-state index is 1.18. The summed E-state index contributed by atoms with van der Waals surface area (Å²) in [5.41, 5.74) is 7.32. The number of hydrogen-bond donors (Lipinski definition) is 0. The second-order valence-corrected chi connectivity index (χ2v) is 10.0. The topological polar surface area (TPSA) is 9.86 Å². The lowest BCUT2D eigenvalue weighted by Crippen LogP contribution is -1.95. The van der Waals surface area contributed by atoms with Crippen LogP contribution in [0.5, 0.6) is 0 Å². The molecule has 0 atom stereocenters. The summed E-state index contributed by atoms with van der Waals surface area (Å²) in [5, 5.41) is 8.62. The second-order valence-electron chi connectivity index (χ2n) is 9.07. The summed E-state index contributed by atoms with van der Waals surface area (Å²) in [4.78, 5) is 0. The highest BCUT2D eigenvalue weighted by atomic mass is 32.1. The third kappa shape index (κ3) is 2.64. The zero-order valence-electron chi connectivity index (χ0n) is 18.8. The summed E-state index contributed by atoms with van der Waals surface area (Å²) in [6.07, 6.45) is 0. The minimum atomic E-state index is 1.18. The van der Waals surface area contributed by atoms with Crippen LogP contribution in [0.15, 0.2) is 121 Å². The molecule has 3 aromatic heterocycles. The van der Waals surface area contributed by atoms with Crippen LogP contribution in [0, 0.1) is 0 Å². The maximum atomic E-state index is 2.43. The summed E-state index contributed by atoms with van der Waals surface area (Å²) < 4.78 is 6.13. The molecule has 0 N–H and O–H groups in total. The molecule has 0 aliphatic carbocycles. The zero-order chi connectivity index (χ0) is 22.9. The Morgan fingerprint density at radius 1 is 0.429 bits per heavy atom. The van der Waals surface area contributed by atoms with Crippen LogP contribution >= 0.6 is 11.3 Å². The van der Waals surface area contributed by atoms with Gasteiger partial charge in [-0.15, -0.1) is 11.3 Å². The van der Waals surface area contributed by atoms with Crippen molar-refractivity contribution in [3.05, 3.63) is 121 Å². The second kappa shape index (κ2) is 7.08. The van der Waals surface area contributed by atoms with Gasteiger partial charge in [0.05, 0.1) is 22.1 Å². The maximum absolute atomic E-state index is 2.43. The van der Waals surface area contributed by atoms with E-state index in [1.54, 1.807) is 0 Å². The van der Waals surface area contributed by atoms with E-state index < -0.39 is 0 Å². The molecule has 0 amide bonds. The first-order valence-electron chi connectivity index (χ1n) is 11.9. The normalized spacial score (nSPS) is 12.0. The van der Waals surface area contributed by atoms with Crippen molar-refractivity contribution in [2.24, 2.45) is 0 Å². The molecule has 3 heteroatoms. The minimum Gasteiger partial charge on any atom is -0.309 e. The van der Waals surface area contributed by atoms with E-state index in [4.69, 9.17) is 0 Å². The van der Waals surface area contributed by atoms with Gasteiger partial charge in [0.25, 0.3) is 0 Å². The molecule has 3 heterocycles. The number of hydrogen-bond acceptors (Lipinski definition) is 1. The van der Waals surface area contributed by atoms with Crippen molar-refractivity contribution < 1.29 is 0 Å². The van der Waals surface area contributed by atoms with E-state index in [9.17, 15) is 0 Å². The quantitative estimate of drug-likeness (QED) is 0.241. The van der Waals surface area contributed by atoms with Crippen molar-refractivity contribution >= 4 is 65.0 Å². The largest absolute Gasteiger partial charge is 0.309 e. The van der Waals surface area contributed by atoms with Crippen LogP contribution in [0.25, 0.3) is 65.1 Å². The molecule has 0 unspecified atom stereocenters. The Morgan fingerprint density at radius 3 is 1.83 bits per heavy atom. The van der Waals surface area contributed by atoms with Gasteiger partial charge < -0.3 is 9.13 Å². The molecule has 0 radical (unpaired) electrons. The molecule has 164 valence electrons. The lowest BCUT2D eigenvalue weighted by Gasteiger charge is -2.10. The SMILES string of the molecule is c1ccc(-n2c3ccccc3c3cc(-n4c5ccccc5c5cc6sccc6cc54)ccc32)cc1. The van der Waals surface area contributed by atoms with E-state index in [0.717, 1.165) is 0 Å². The van der Waals surface area contributed by atoms with E-state index in [2.05, 4.69) is 130 Å². The van der Waals surface area contributed by atoms with Crippen LogP contribution in [0.3, 0.4) is 0 Å². The Labute approximate surface area is 205 Å². The summed E-state index contributed by atoms with van der Waals surface area (Å²) in [6.45, 7) is 0. The fraction of sp³-hybridized carbons (Fsp3) is 0. The Bertz CT molecular complexity index is 2050. The molecule has 0 aliphatic heterocycles. The Morgan fingerprint density at radius 2 is 1.06 bits per heavy atom. The Kier molecular flexibility index (Phi) is 3.85. The van der Waals surface area contributed by atoms with Crippen LogP contribution in [-0.2, 0) is 0 Å². The van der Waals surface area contributed by atoms with E-state index in [0.29, 0.717) is 0 Å². The van der Waals surface area contributed by atoms with Crippen molar-refractivity contribution in [3.8, 4) is 11.4 Å². The number of thiophene rings is 1. The third-order valence-corrected chi connectivity index (χ3v) is 8.06. The molecule has 8 aromatic rings. The van der Waals surface area contributed by atoms with Crippen LogP contribution in [0.2, 0.25) is 0 Å². The fourth-order valence-corrected chi connectivity index (χ4v) is 6.47. The molecule has 0 bridgehead atoms. The lowest BCUT2D eigenvalue weighted by atomic mass is 10.1. The highest BCUT2D eigenvalue weighted by Crippen LogP contribution is 2.38. The monoisotopic (exact) mass is 464 g/mol. The van der Waals surface area contributed by atoms with Crippen molar-refractivity contribution in [1.82, 2.24) is 9.13 Å². The van der Waals surface area contributed by atoms with Gasteiger partial charge in [-0.2, -0.15) is 0 Å². The van der Waals surface area contributed by atoms with Gasteiger partial charge >= 0.3 is 0 Å². The number of para-hydroxylation sites is 3. The van der Waals surface area contributed by atoms with Crippen molar-refractivity contribution in [2.45, 2.75) is 0 Å². The van der Waals surface area contributed by atoms with Crippen LogP contribution in [0.1, 0.15) is 0 Å². The van der Waals surface area contributed by atoms with Crippen molar-refractivity contribution in [2.75, 3.05) is 0 Å². The standard InChI is InChI=1S/C32H20N2S/c1-2-8-22(9-3-1)33-28-12-6-4-10-24(28)26-19-23(14-15-30(26)33)34-29-13-7-5-11-25(29)27-20-32-21(16-17-35-32)18-31(27)34/h1-20H. The first-order chi connectivity index (χ1) is 17.4. The van der Waals surface area contributed by atoms with Gasteiger partial charge in [0, 0.05) is 37.6 Å². The van der Waals surface area contributed by atoms with Gasteiger partial charge in [0.15, 0.2) is 0 Å². The Hall–Kier alpha value is -4.34. The summed E-state index contributed by atoms with van der Waals surface area (Å²) in [6, 6.07) is 41.9. The first kappa shape index (κ1) is 19.0. The maximum Gasteiger partial charge on any atom is 0.0548 e. The smallest absolute Gasteiger partial charge is 0.0548 e. The first-order valence-corrected chi connectivity index (χ1v) is 12.7. The molecule has 2 nitrogen and oxygen atoms in total. The highest BCUT2D eigenvalue weighted by molar-refractivity contribution is 7.17. The van der Waals surface area contributed by atoms with E-state index >= 15 is 0 Å². The van der Waals surface area contributed by atoms with Crippen LogP contribution in [-0.4, -0.2) is 9.13 Å². The van der Waals surface area contributed by atoms with Crippen LogP contribution in [0.4, 0.5) is 0 Å². The van der Waals surface area contributed by atoms with Crippen molar-refractivity contribution in [1.29, 1.82) is 0 Å². The molecular weight excluding hydrogens is 444 g/mol. The third-order valence-electron chi connectivity index (χ3n) is 7.18. The van der Waals surface area contributed by atoms with Gasteiger partial charge in [-0.05, 0) is 71.4 Å². The average molecular weight is 465 g/mol. The van der Waals surface area contributed by atoms with Gasteiger partial charge in [0.1, 0.15) is 0 Å². The molecule has 35 heavy (non-hydrogen) atoms. The van der Waals surface area contributed by atoms with Gasteiger partial charge in [-0.25, -0.2) is 0 Å². The molecular formula is C32H20N2S. The number of benzene rings is 5. The highest BCUT2D eigenvalue weighted by Gasteiger charge is 2.16. The summed E-state index contributed by atoms with van der Waals surface area (Å²) >= 11 is 1.81. The Balaban J connectivity index is 1.49.